The normalized spacial score (nSPS) is 14.9. The molecule has 1 saturated heterocycles. The summed E-state index contributed by atoms with van der Waals surface area (Å²) in [6.07, 6.45) is 2.80. The first-order valence-corrected chi connectivity index (χ1v) is 11.7. The Morgan fingerprint density at radius 1 is 1.00 bits per heavy atom. The number of halogens is 3. The van der Waals surface area contributed by atoms with Crippen LogP contribution in [0.4, 0.5) is 24.8 Å². The molecule has 2 N–H and O–H groups in total. The Labute approximate surface area is 206 Å². The lowest BCUT2D eigenvalue weighted by atomic mass is 10.2. The van der Waals surface area contributed by atoms with Crippen LogP contribution in [0.2, 0.25) is 0 Å². The predicted octanol–water partition coefficient (Wildman–Crippen LogP) is 4.75. The fourth-order valence-electron chi connectivity index (χ4n) is 4.26. The SMILES string of the molecule is CCN1CCN(Cc2ccc(Nc3ncnc(Oc4cc(F)c5[nH]c(C)cc5c4F)c3F)nc2)CC1. The summed E-state index contributed by atoms with van der Waals surface area (Å²) in [4.78, 5) is 19.5. The fraction of sp³-hybridized carbons (Fsp3) is 0.320. The molecule has 5 rings (SSSR count). The average molecular weight is 498 g/mol. The topological polar surface area (TPSA) is 82.2 Å². The van der Waals surface area contributed by atoms with Crippen LogP contribution in [-0.2, 0) is 6.54 Å². The van der Waals surface area contributed by atoms with E-state index in [1.54, 1.807) is 19.2 Å². The molecule has 0 spiro atoms. The van der Waals surface area contributed by atoms with Crippen molar-refractivity contribution in [2.75, 3.05) is 38.0 Å². The van der Waals surface area contributed by atoms with Gasteiger partial charge < -0.3 is 19.9 Å². The van der Waals surface area contributed by atoms with E-state index in [0.717, 1.165) is 57.2 Å². The molecule has 0 unspecified atom stereocenters. The molecule has 0 amide bonds. The number of H-pyrrole nitrogens is 1. The van der Waals surface area contributed by atoms with Gasteiger partial charge in [-0.25, -0.2) is 18.7 Å². The lowest BCUT2D eigenvalue weighted by Gasteiger charge is -2.33. The minimum atomic E-state index is -0.956. The van der Waals surface area contributed by atoms with E-state index in [9.17, 15) is 8.78 Å². The van der Waals surface area contributed by atoms with Crippen LogP contribution in [0.15, 0.2) is 36.8 Å². The second kappa shape index (κ2) is 10.1. The summed E-state index contributed by atoms with van der Waals surface area (Å²) in [5.41, 5.74) is 1.64. The van der Waals surface area contributed by atoms with Gasteiger partial charge in [0.1, 0.15) is 12.1 Å². The standard InChI is InChI=1S/C25H26F3N7O/c1-3-34-6-8-35(9-7-34)13-16-4-5-20(29-12-16)33-24-22(28)25(31-14-30-24)36-19-11-18(26)23-17(21(19)27)10-15(2)32-23/h4-5,10-12,14,32H,3,6-9,13H2,1-2H3,(H,29,30,31,33). The van der Waals surface area contributed by atoms with Crippen LogP contribution < -0.4 is 10.1 Å². The molecule has 3 aromatic heterocycles. The van der Waals surface area contributed by atoms with Gasteiger partial charge in [-0.05, 0) is 31.2 Å². The number of nitrogens with zero attached hydrogens (tertiary/aromatic N) is 5. The largest absolute Gasteiger partial charge is 0.433 e. The first-order chi connectivity index (χ1) is 17.4. The number of rotatable bonds is 7. The van der Waals surface area contributed by atoms with Crippen LogP contribution in [0, 0.1) is 24.4 Å². The smallest absolute Gasteiger partial charge is 0.261 e. The lowest BCUT2D eigenvalue weighted by Crippen LogP contribution is -2.45. The highest BCUT2D eigenvalue weighted by Gasteiger charge is 2.20. The second-order valence-corrected chi connectivity index (χ2v) is 8.74. The van der Waals surface area contributed by atoms with Gasteiger partial charge in [-0.1, -0.05) is 13.0 Å². The molecule has 0 saturated carbocycles. The van der Waals surface area contributed by atoms with E-state index in [-0.39, 0.29) is 16.7 Å². The molecule has 4 heterocycles. The number of nitrogens with one attached hydrogen (secondary N) is 2. The number of likely N-dealkylation sites (N-methyl/N-ethyl adjacent to an activating group) is 1. The Hall–Kier alpha value is -3.70. The molecule has 0 aliphatic carbocycles. The third-order valence-electron chi connectivity index (χ3n) is 6.26. The summed E-state index contributed by atoms with van der Waals surface area (Å²) in [5, 5.41) is 2.80. The first-order valence-electron chi connectivity index (χ1n) is 11.7. The summed E-state index contributed by atoms with van der Waals surface area (Å²) < 4.78 is 49.6. The summed E-state index contributed by atoms with van der Waals surface area (Å²) in [6.45, 7) is 9.81. The number of hydrogen-bond acceptors (Lipinski definition) is 7. The zero-order valence-electron chi connectivity index (χ0n) is 20.0. The van der Waals surface area contributed by atoms with Crippen LogP contribution in [-0.4, -0.2) is 62.5 Å². The molecule has 11 heteroatoms. The van der Waals surface area contributed by atoms with Crippen molar-refractivity contribution < 1.29 is 17.9 Å². The quantitative estimate of drug-likeness (QED) is 0.381. The highest BCUT2D eigenvalue weighted by atomic mass is 19.1. The number of ether oxygens (including phenoxy) is 1. The van der Waals surface area contributed by atoms with Crippen molar-refractivity contribution in [2.24, 2.45) is 0 Å². The number of anilines is 2. The third-order valence-corrected chi connectivity index (χ3v) is 6.26. The van der Waals surface area contributed by atoms with Gasteiger partial charge in [0, 0.05) is 56.1 Å². The minimum Gasteiger partial charge on any atom is -0.433 e. The van der Waals surface area contributed by atoms with Crippen LogP contribution in [0.3, 0.4) is 0 Å². The van der Waals surface area contributed by atoms with E-state index < -0.39 is 29.1 Å². The molecule has 8 nitrogen and oxygen atoms in total. The number of hydrogen-bond donors (Lipinski definition) is 2. The van der Waals surface area contributed by atoms with Gasteiger partial charge in [0.2, 0.25) is 5.82 Å². The molecule has 1 aromatic carbocycles. The number of aryl methyl sites for hydroxylation is 1. The van der Waals surface area contributed by atoms with E-state index in [0.29, 0.717) is 11.5 Å². The summed E-state index contributed by atoms with van der Waals surface area (Å²) in [7, 11) is 0. The molecule has 1 aliphatic heterocycles. The van der Waals surface area contributed by atoms with Gasteiger partial charge in [0.05, 0.1) is 5.52 Å². The molecule has 0 radical (unpaired) electrons. The van der Waals surface area contributed by atoms with Crippen LogP contribution in [0.5, 0.6) is 11.6 Å². The molecule has 0 atom stereocenters. The van der Waals surface area contributed by atoms with Gasteiger partial charge in [0.15, 0.2) is 23.2 Å². The van der Waals surface area contributed by atoms with Crippen molar-refractivity contribution in [2.45, 2.75) is 20.4 Å². The monoisotopic (exact) mass is 497 g/mol. The van der Waals surface area contributed by atoms with Crippen LogP contribution >= 0.6 is 0 Å². The number of aromatic amines is 1. The molecular weight excluding hydrogens is 471 g/mol. The van der Waals surface area contributed by atoms with Crippen molar-refractivity contribution in [1.82, 2.24) is 29.7 Å². The van der Waals surface area contributed by atoms with Crippen molar-refractivity contribution in [3.05, 3.63) is 65.5 Å². The zero-order valence-corrected chi connectivity index (χ0v) is 20.0. The number of pyridine rings is 1. The van der Waals surface area contributed by atoms with Crippen molar-refractivity contribution in [3.63, 3.8) is 0 Å². The van der Waals surface area contributed by atoms with Crippen molar-refractivity contribution in [3.8, 4) is 11.6 Å². The minimum absolute atomic E-state index is 0.00634. The van der Waals surface area contributed by atoms with E-state index in [1.165, 1.54) is 6.07 Å². The number of benzene rings is 1. The molecule has 4 aromatic rings. The predicted molar refractivity (Wildman–Crippen MR) is 130 cm³/mol. The Kier molecular flexibility index (Phi) is 6.75. The average Bonchev–Trinajstić information content (AvgIpc) is 3.29. The van der Waals surface area contributed by atoms with Crippen molar-refractivity contribution >= 4 is 22.5 Å². The van der Waals surface area contributed by atoms with Gasteiger partial charge in [-0.15, -0.1) is 0 Å². The number of aromatic nitrogens is 4. The van der Waals surface area contributed by atoms with Gasteiger partial charge >= 0.3 is 0 Å². The Morgan fingerprint density at radius 3 is 2.50 bits per heavy atom. The lowest BCUT2D eigenvalue weighted by molar-refractivity contribution is 0.132. The van der Waals surface area contributed by atoms with Crippen LogP contribution in [0.25, 0.3) is 10.9 Å². The zero-order chi connectivity index (χ0) is 25.2. The number of fused-ring (bicyclic) bond motifs is 1. The van der Waals surface area contributed by atoms with Crippen LogP contribution in [0.1, 0.15) is 18.2 Å². The maximum Gasteiger partial charge on any atom is 0.261 e. The first kappa shape index (κ1) is 24.0. The Balaban J connectivity index is 1.28. The Bertz CT molecular complexity index is 1370. The highest BCUT2D eigenvalue weighted by Crippen LogP contribution is 2.33. The maximum atomic E-state index is 15.1. The van der Waals surface area contributed by atoms with Gasteiger partial charge in [-0.2, -0.15) is 9.37 Å². The summed E-state index contributed by atoms with van der Waals surface area (Å²) in [5.74, 6) is -3.35. The van der Waals surface area contributed by atoms with E-state index in [4.69, 9.17) is 4.74 Å². The van der Waals surface area contributed by atoms with Gasteiger partial charge in [0.25, 0.3) is 5.88 Å². The summed E-state index contributed by atoms with van der Waals surface area (Å²) >= 11 is 0. The molecule has 36 heavy (non-hydrogen) atoms. The number of piperazine rings is 1. The van der Waals surface area contributed by atoms with Gasteiger partial charge in [-0.3, -0.25) is 4.90 Å². The van der Waals surface area contributed by atoms with E-state index >= 15 is 4.39 Å². The Morgan fingerprint density at radius 2 is 1.78 bits per heavy atom. The molecule has 1 aliphatic rings. The van der Waals surface area contributed by atoms with Crippen molar-refractivity contribution in [1.29, 1.82) is 0 Å². The molecular formula is C25H26F3N7O. The summed E-state index contributed by atoms with van der Waals surface area (Å²) in [6, 6.07) is 5.95. The highest BCUT2D eigenvalue weighted by molar-refractivity contribution is 5.83. The fourth-order valence-corrected chi connectivity index (χ4v) is 4.26. The third kappa shape index (κ3) is 4.98. The molecule has 1 fully saturated rings. The second-order valence-electron chi connectivity index (χ2n) is 8.74. The molecule has 188 valence electrons. The molecule has 0 bridgehead atoms. The van der Waals surface area contributed by atoms with E-state index in [1.807, 2.05) is 6.07 Å². The maximum absolute atomic E-state index is 15.1. The van der Waals surface area contributed by atoms with E-state index in [2.05, 4.69) is 42.0 Å².